The van der Waals surface area contributed by atoms with Crippen LogP contribution in [0.3, 0.4) is 0 Å². The third-order valence-corrected chi connectivity index (χ3v) is 2.05. The van der Waals surface area contributed by atoms with Crippen molar-refractivity contribution in [1.82, 2.24) is 10.6 Å². The van der Waals surface area contributed by atoms with E-state index in [1.54, 1.807) is 0 Å². The highest BCUT2D eigenvalue weighted by molar-refractivity contribution is 5.94. The summed E-state index contributed by atoms with van der Waals surface area (Å²) < 4.78 is 0. The molecule has 98 valence electrons. The number of imide groups is 1. The van der Waals surface area contributed by atoms with Gasteiger partial charge in [0.1, 0.15) is 0 Å². The molecule has 0 aromatic heterocycles. The first kappa shape index (κ1) is 15.4. The number of hydrogen-bond donors (Lipinski definition) is 3. The van der Waals surface area contributed by atoms with E-state index in [1.807, 2.05) is 13.8 Å². The van der Waals surface area contributed by atoms with Crippen molar-refractivity contribution in [1.29, 1.82) is 0 Å². The molecule has 6 heteroatoms. The Bertz CT molecular complexity index is 277. The largest absolute Gasteiger partial charge is 0.481 e. The van der Waals surface area contributed by atoms with Crippen LogP contribution in [0.5, 0.6) is 0 Å². The van der Waals surface area contributed by atoms with Gasteiger partial charge in [-0.05, 0) is 18.8 Å². The molecule has 0 atom stereocenters. The zero-order chi connectivity index (χ0) is 13.3. The van der Waals surface area contributed by atoms with Gasteiger partial charge in [-0.25, -0.2) is 4.79 Å². The Balaban J connectivity index is 3.59. The second kappa shape index (κ2) is 8.55. The Kier molecular flexibility index (Phi) is 7.75. The lowest BCUT2D eigenvalue weighted by atomic mass is 10.1. The molecule has 0 radical (unpaired) electrons. The van der Waals surface area contributed by atoms with Crippen LogP contribution in [0.2, 0.25) is 0 Å². The summed E-state index contributed by atoms with van der Waals surface area (Å²) >= 11 is 0. The monoisotopic (exact) mass is 244 g/mol. The molecule has 17 heavy (non-hydrogen) atoms. The zero-order valence-electron chi connectivity index (χ0n) is 10.3. The van der Waals surface area contributed by atoms with Gasteiger partial charge in [0.05, 0.1) is 0 Å². The molecule has 0 aliphatic rings. The lowest BCUT2D eigenvalue weighted by Gasteiger charge is -2.07. The predicted molar refractivity (Wildman–Crippen MR) is 62.5 cm³/mol. The number of amides is 3. The number of aliphatic carboxylic acids is 1. The van der Waals surface area contributed by atoms with Crippen LogP contribution in [-0.2, 0) is 9.59 Å². The summed E-state index contributed by atoms with van der Waals surface area (Å²) in [7, 11) is 0. The summed E-state index contributed by atoms with van der Waals surface area (Å²) in [5.74, 6) is -0.908. The summed E-state index contributed by atoms with van der Waals surface area (Å²) in [6, 6.07) is -0.522. The molecule has 0 heterocycles. The number of urea groups is 1. The molecule has 0 fully saturated rings. The second-order valence-electron chi connectivity index (χ2n) is 4.23. The van der Waals surface area contributed by atoms with Crippen LogP contribution in [0, 0.1) is 5.92 Å². The third kappa shape index (κ3) is 10.7. The molecule has 0 saturated carbocycles. The minimum absolute atomic E-state index is 0.0455. The molecule has 0 aliphatic carbocycles. The van der Waals surface area contributed by atoms with Crippen molar-refractivity contribution >= 4 is 17.9 Å². The molecule has 6 nitrogen and oxygen atoms in total. The highest BCUT2D eigenvalue weighted by Crippen LogP contribution is 1.96. The van der Waals surface area contributed by atoms with Gasteiger partial charge in [-0.15, -0.1) is 0 Å². The van der Waals surface area contributed by atoms with Gasteiger partial charge in [0.2, 0.25) is 5.91 Å². The predicted octanol–water partition coefficient (Wildman–Crippen LogP) is 1.11. The molecule has 0 saturated heterocycles. The molecule has 3 N–H and O–H groups in total. The van der Waals surface area contributed by atoms with Crippen LogP contribution in [0.25, 0.3) is 0 Å². The van der Waals surface area contributed by atoms with Crippen LogP contribution in [-0.4, -0.2) is 29.6 Å². The molecule has 0 unspecified atom stereocenters. The number of carbonyl (C=O) groups is 3. The van der Waals surface area contributed by atoms with E-state index in [1.165, 1.54) is 0 Å². The van der Waals surface area contributed by atoms with E-state index in [-0.39, 0.29) is 19.3 Å². The van der Waals surface area contributed by atoms with Gasteiger partial charge < -0.3 is 10.4 Å². The average Bonchev–Trinajstić information content (AvgIpc) is 2.15. The van der Waals surface area contributed by atoms with Crippen molar-refractivity contribution in [2.24, 2.45) is 5.92 Å². The van der Waals surface area contributed by atoms with Crippen LogP contribution in [0.4, 0.5) is 4.79 Å². The van der Waals surface area contributed by atoms with E-state index in [9.17, 15) is 14.4 Å². The van der Waals surface area contributed by atoms with Crippen molar-refractivity contribution in [3.63, 3.8) is 0 Å². The molecule has 0 aromatic rings. The molecule has 0 spiro atoms. The Morgan fingerprint density at radius 2 is 1.82 bits per heavy atom. The maximum absolute atomic E-state index is 11.2. The minimum Gasteiger partial charge on any atom is -0.481 e. The summed E-state index contributed by atoms with van der Waals surface area (Å²) in [6.07, 6.45) is 1.06. The van der Waals surface area contributed by atoms with Crippen molar-refractivity contribution in [2.75, 3.05) is 6.54 Å². The van der Waals surface area contributed by atoms with Gasteiger partial charge in [0.25, 0.3) is 0 Å². The zero-order valence-corrected chi connectivity index (χ0v) is 10.3. The summed E-state index contributed by atoms with van der Waals surface area (Å²) in [4.78, 5) is 32.5. The first-order chi connectivity index (χ1) is 7.91. The van der Waals surface area contributed by atoms with Crippen molar-refractivity contribution in [3.05, 3.63) is 0 Å². The molecule has 0 aromatic carbocycles. The fourth-order valence-corrected chi connectivity index (χ4v) is 1.11. The average molecular weight is 244 g/mol. The van der Waals surface area contributed by atoms with Crippen LogP contribution in [0.1, 0.15) is 39.5 Å². The van der Waals surface area contributed by atoms with Crippen molar-refractivity contribution in [2.45, 2.75) is 39.5 Å². The standard InChI is InChI=1S/C11H20N2O4/c1-8(2)6-7-12-11(17)13-9(14)4-3-5-10(15)16/h8H,3-7H2,1-2H3,(H,15,16)(H2,12,13,14,17). The maximum Gasteiger partial charge on any atom is 0.321 e. The van der Waals surface area contributed by atoms with E-state index in [0.29, 0.717) is 12.5 Å². The smallest absolute Gasteiger partial charge is 0.321 e. The molecule has 3 amide bonds. The number of hydrogen-bond acceptors (Lipinski definition) is 3. The van der Waals surface area contributed by atoms with Gasteiger partial charge in [-0.3, -0.25) is 14.9 Å². The van der Waals surface area contributed by atoms with E-state index in [4.69, 9.17) is 5.11 Å². The number of carboxylic acid groups (broad SMARTS) is 1. The number of carboxylic acids is 1. The Labute approximate surface area is 101 Å². The number of carbonyl (C=O) groups excluding carboxylic acids is 2. The van der Waals surface area contributed by atoms with Crippen LogP contribution < -0.4 is 10.6 Å². The van der Waals surface area contributed by atoms with Crippen LogP contribution in [0.15, 0.2) is 0 Å². The molecule has 0 rings (SSSR count). The van der Waals surface area contributed by atoms with Crippen molar-refractivity contribution < 1.29 is 19.5 Å². The third-order valence-electron chi connectivity index (χ3n) is 2.05. The van der Waals surface area contributed by atoms with E-state index >= 15 is 0 Å². The number of nitrogens with one attached hydrogen (secondary N) is 2. The van der Waals surface area contributed by atoms with Gasteiger partial charge >= 0.3 is 12.0 Å². The summed E-state index contributed by atoms with van der Waals surface area (Å²) in [5.41, 5.74) is 0. The lowest BCUT2D eigenvalue weighted by Crippen LogP contribution is -2.40. The first-order valence-electron chi connectivity index (χ1n) is 5.71. The highest BCUT2D eigenvalue weighted by Gasteiger charge is 2.08. The van der Waals surface area contributed by atoms with Gasteiger partial charge in [0.15, 0.2) is 0 Å². The molecule has 0 aliphatic heterocycles. The summed E-state index contributed by atoms with van der Waals surface area (Å²) in [6.45, 7) is 4.60. The topological polar surface area (TPSA) is 95.5 Å². The van der Waals surface area contributed by atoms with Crippen molar-refractivity contribution in [3.8, 4) is 0 Å². The van der Waals surface area contributed by atoms with E-state index in [0.717, 1.165) is 6.42 Å². The molecular weight excluding hydrogens is 224 g/mol. The lowest BCUT2D eigenvalue weighted by molar-refractivity contribution is -0.137. The number of rotatable bonds is 7. The van der Waals surface area contributed by atoms with Gasteiger partial charge in [-0.2, -0.15) is 0 Å². The highest BCUT2D eigenvalue weighted by atomic mass is 16.4. The minimum atomic E-state index is -0.945. The Hall–Kier alpha value is -1.59. The molecular formula is C11H20N2O4. The fourth-order valence-electron chi connectivity index (χ4n) is 1.11. The maximum atomic E-state index is 11.2. The Morgan fingerprint density at radius 3 is 2.35 bits per heavy atom. The normalized spacial score (nSPS) is 10.1. The SMILES string of the molecule is CC(C)CCNC(=O)NC(=O)CCCC(=O)O. The fraction of sp³-hybridized carbons (Fsp3) is 0.727. The van der Waals surface area contributed by atoms with E-state index < -0.39 is 17.9 Å². The van der Waals surface area contributed by atoms with Crippen LogP contribution >= 0.6 is 0 Å². The Morgan fingerprint density at radius 1 is 1.18 bits per heavy atom. The first-order valence-corrected chi connectivity index (χ1v) is 5.71. The second-order valence-corrected chi connectivity index (χ2v) is 4.23. The summed E-state index contributed by atoms with van der Waals surface area (Å²) in [5, 5.41) is 13.1. The van der Waals surface area contributed by atoms with E-state index in [2.05, 4.69) is 10.6 Å². The van der Waals surface area contributed by atoms with Gasteiger partial charge in [-0.1, -0.05) is 13.8 Å². The van der Waals surface area contributed by atoms with Gasteiger partial charge in [0, 0.05) is 19.4 Å². The quantitative estimate of drug-likeness (QED) is 0.625. The molecule has 0 bridgehead atoms.